The third-order valence-electron chi connectivity index (χ3n) is 5.19. The first-order valence-corrected chi connectivity index (χ1v) is 12.0. The van der Waals surface area contributed by atoms with Gasteiger partial charge < -0.3 is 9.64 Å². The van der Waals surface area contributed by atoms with E-state index in [2.05, 4.69) is 45.1 Å². The molecule has 155 valence electrons. The summed E-state index contributed by atoms with van der Waals surface area (Å²) in [5.41, 5.74) is 1.18. The molecule has 2 amide bonds. The Labute approximate surface area is 176 Å². The Hall–Kier alpha value is -1.31. The van der Waals surface area contributed by atoms with E-state index in [9.17, 15) is 4.79 Å². The van der Waals surface area contributed by atoms with E-state index in [1.54, 1.807) is 28.2 Å². The Bertz CT molecular complexity index is 731. The first-order valence-electron chi connectivity index (χ1n) is 10.2. The van der Waals surface area contributed by atoms with Gasteiger partial charge in [0.15, 0.2) is 5.13 Å². The summed E-state index contributed by atoms with van der Waals surface area (Å²) < 4.78 is 5.55. The maximum absolute atomic E-state index is 12.6. The molecule has 1 fully saturated rings. The number of hydrogen-bond acceptors (Lipinski definition) is 4. The second-order valence-electron chi connectivity index (χ2n) is 7.37. The van der Waals surface area contributed by atoms with Gasteiger partial charge in [-0.1, -0.05) is 56.4 Å². The first-order chi connectivity index (χ1) is 13.6. The predicted molar refractivity (Wildman–Crippen MR) is 121 cm³/mol. The van der Waals surface area contributed by atoms with E-state index in [-0.39, 0.29) is 12.8 Å². The van der Waals surface area contributed by atoms with Gasteiger partial charge in [0.25, 0.3) is 0 Å². The van der Waals surface area contributed by atoms with Crippen molar-refractivity contribution < 1.29 is 9.53 Å². The van der Waals surface area contributed by atoms with Crippen molar-refractivity contribution in [2.45, 2.75) is 62.9 Å². The monoisotopic (exact) mass is 422 g/mol. The van der Waals surface area contributed by atoms with Gasteiger partial charge >= 0.3 is 6.03 Å². The van der Waals surface area contributed by atoms with Crippen LogP contribution in [0, 0.1) is 0 Å². The number of amides is 2. The largest absolute Gasteiger partial charge is 0.340 e. The maximum Gasteiger partial charge on any atom is 0.329 e. The van der Waals surface area contributed by atoms with Crippen molar-refractivity contribution in [3.8, 4) is 0 Å². The third-order valence-corrected chi connectivity index (χ3v) is 8.44. The van der Waals surface area contributed by atoms with E-state index in [0.29, 0.717) is 23.1 Å². The molecule has 0 N–H and O–H groups in total. The summed E-state index contributed by atoms with van der Waals surface area (Å²) in [6, 6.07) is -0.0348. The number of thiol groups is 1. The number of nitrogens with zero attached hydrogens (tertiary/aromatic N) is 3. The zero-order valence-electron chi connectivity index (χ0n) is 17.3. The fourth-order valence-corrected chi connectivity index (χ4v) is 6.68. The van der Waals surface area contributed by atoms with Gasteiger partial charge in [-0.3, -0.25) is 0 Å². The lowest BCUT2D eigenvalue weighted by Gasteiger charge is -2.33. The minimum absolute atomic E-state index is 0.0348. The summed E-state index contributed by atoms with van der Waals surface area (Å²) in [7, 11) is 1.76. The van der Waals surface area contributed by atoms with Crippen LogP contribution in [0.15, 0.2) is 24.3 Å². The van der Waals surface area contributed by atoms with Crippen molar-refractivity contribution in [3.05, 3.63) is 34.9 Å². The number of rotatable bonds is 7. The average Bonchev–Trinajstić information content (AvgIpc) is 3.13. The van der Waals surface area contributed by atoms with Crippen molar-refractivity contribution in [1.29, 1.82) is 0 Å². The second kappa shape index (κ2) is 9.94. The minimum atomic E-state index is -0.0348. The Morgan fingerprint density at radius 1 is 1.18 bits per heavy atom. The topological polar surface area (TPSA) is 45.7 Å². The molecule has 3 heterocycles. The van der Waals surface area contributed by atoms with Crippen LogP contribution in [0.3, 0.4) is 0 Å². The van der Waals surface area contributed by atoms with Gasteiger partial charge in [0.2, 0.25) is 0 Å². The van der Waals surface area contributed by atoms with Crippen LogP contribution in [-0.2, 0) is 4.74 Å². The molecular weight excluding hydrogens is 390 g/mol. The molecule has 3 unspecified atom stereocenters. The van der Waals surface area contributed by atoms with Gasteiger partial charge in [0.05, 0.1) is 5.69 Å². The predicted octanol–water partition coefficient (Wildman–Crippen LogP) is 5.65. The number of urea groups is 1. The molecule has 2 aliphatic rings. The highest BCUT2D eigenvalue weighted by Gasteiger charge is 2.36. The standard InChI is InChI=1S/C21H32N3O2S2/c1-5-7-9-11-16-15(3)18-19(17(27-16)12-10-8-6-2)28-20(22-18)24-14-26-13-23(4)21(24)25/h7-10,15-17,27H,5-6,11-14H2,1-4H3. The number of ether oxygens (including phenoxy) is 1. The molecule has 5 nitrogen and oxygen atoms in total. The highest BCUT2D eigenvalue weighted by molar-refractivity contribution is 8.00. The summed E-state index contributed by atoms with van der Waals surface area (Å²) in [6.45, 7) is 7.26. The van der Waals surface area contributed by atoms with Crippen molar-refractivity contribution in [1.82, 2.24) is 9.88 Å². The third kappa shape index (κ3) is 4.63. The van der Waals surface area contributed by atoms with Crippen molar-refractivity contribution in [3.63, 3.8) is 0 Å². The van der Waals surface area contributed by atoms with Crippen molar-refractivity contribution >= 4 is 34.3 Å². The zero-order valence-corrected chi connectivity index (χ0v) is 19.0. The molecule has 2 aliphatic heterocycles. The molecule has 0 aromatic carbocycles. The number of aromatic nitrogens is 1. The van der Waals surface area contributed by atoms with E-state index in [1.807, 2.05) is 0 Å². The molecule has 0 aliphatic carbocycles. The summed E-state index contributed by atoms with van der Waals surface area (Å²) in [5.74, 6) is 0.396. The summed E-state index contributed by atoms with van der Waals surface area (Å²) >= 11 is 3.15. The van der Waals surface area contributed by atoms with E-state index < -0.39 is 0 Å². The molecule has 0 spiro atoms. The SMILES string of the molecule is CCC=CCC1[SH]C(CC=CCC)C(C)c2nc(N3COCN(C)C3=O)sc21. The Morgan fingerprint density at radius 3 is 2.61 bits per heavy atom. The van der Waals surface area contributed by atoms with Gasteiger partial charge in [-0.05, 0) is 25.7 Å². The quantitative estimate of drug-likeness (QED) is 0.456. The van der Waals surface area contributed by atoms with Crippen LogP contribution < -0.4 is 4.90 Å². The van der Waals surface area contributed by atoms with Gasteiger partial charge in [0.1, 0.15) is 13.5 Å². The van der Waals surface area contributed by atoms with Crippen LogP contribution in [-0.4, -0.2) is 41.7 Å². The number of allylic oxidation sites excluding steroid dienone is 4. The zero-order chi connectivity index (χ0) is 20.1. The number of hydrogen-bond donors (Lipinski definition) is 1. The first kappa shape index (κ1) is 21.4. The van der Waals surface area contributed by atoms with Crippen LogP contribution in [0.25, 0.3) is 0 Å². The van der Waals surface area contributed by atoms with Crippen molar-refractivity contribution in [2.75, 3.05) is 25.4 Å². The molecule has 3 atom stereocenters. The van der Waals surface area contributed by atoms with Gasteiger partial charge in [-0.2, -0.15) is 0 Å². The lowest BCUT2D eigenvalue weighted by Crippen LogP contribution is -2.48. The Morgan fingerprint density at radius 2 is 1.89 bits per heavy atom. The Balaban J connectivity index is 1.89. The van der Waals surface area contributed by atoms with E-state index >= 15 is 0 Å². The number of anilines is 1. The lowest BCUT2D eigenvalue weighted by atomic mass is 9.97. The van der Waals surface area contributed by atoms with Gasteiger partial charge in [-0.15, -0.1) is 0 Å². The number of thiazole rings is 1. The fraction of sp³-hybridized carbons (Fsp3) is 0.619. The molecule has 1 aromatic rings. The van der Waals surface area contributed by atoms with E-state index in [1.165, 1.54) is 22.3 Å². The molecule has 3 rings (SSSR count). The van der Waals surface area contributed by atoms with Gasteiger partial charge in [-0.25, -0.2) is 26.4 Å². The molecule has 7 heteroatoms. The smallest absolute Gasteiger partial charge is 0.329 e. The van der Waals surface area contributed by atoms with Crippen LogP contribution in [0.2, 0.25) is 0 Å². The Kier molecular flexibility index (Phi) is 7.60. The van der Waals surface area contributed by atoms with Crippen molar-refractivity contribution in [2.24, 2.45) is 0 Å². The van der Waals surface area contributed by atoms with E-state index in [4.69, 9.17) is 9.72 Å². The second-order valence-corrected chi connectivity index (χ2v) is 9.96. The molecule has 0 saturated carbocycles. The molecule has 0 bridgehead atoms. The highest BCUT2D eigenvalue weighted by atomic mass is 32.2. The highest BCUT2D eigenvalue weighted by Crippen LogP contribution is 2.53. The van der Waals surface area contributed by atoms with Crippen LogP contribution in [0.4, 0.5) is 9.93 Å². The normalized spacial score (nSPS) is 25.9. The van der Waals surface area contributed by atoms with Gasteiger partial charge in [0, 0.05) is 28.3 Å². The van der Waals surface area contributed by atoms with E-state index in [0.717, 1.165) is 30.8 Å². The molecule has 1 radical (unpaired) electrons. The van der Waals surface area contributed by atoms with Crippen LogP contribution >= 0.6 is 23.1 Å². The minimum Gasteiger partial charge on any atom is -0.340 e. The fourth-order valence-electron chi connectivity index (χ4n) is 3.57. The number of carbonyl (C=O) groups is 1. The molecule has 28 heavy (non-hydrogen) atoms. The number of carbonyl (C=O) groups excluding carboxylic acids is 1. The lowest BCUT2D eigenvalue weighted by molar-refractivity contribution is 0.0361. The summed E-state index contributed by atoms with van der Waals surface area (Å²) in [6.07, 6.45) is 13.4. The number of fused-ring (bicyclic) bond motifs is 1. The summed E-state index contributed by atoms with van der Waals surface area (Å²) in [5, 5.41) is 1.80. The maximum atomic E-state index is 12.6. The molecule has 1 aromatic heterocycles. The van der Waals surface area contributed by atoms with Crippen LogP contribution in [0.1, 0.15) is 68.2 Å². The molecule has 1 saturated heterocycles. The van der Waals surface area contributed by atoms with Crippen LogP contribution in [0.5, 0.6) is 0 Å². The average molecular weight is 423 g/mol. The summed E-state index contributed by atoms with van der Waals surface area (Å²) in [4.78, 5) is 22.1. The molecular formula is C21H32N3O2S2.